The smallest absolute Gasteiger partial charge is 0.140 e. The molecule has 2 saturated carbocycles. The summed E-state index contributed by atoms with van der Waals surface area (Å²) in [4.78, 5) is 29.2. The molecule has 0 radical (unpaired) electrons. The predicted molar refractivity (Wildman–Crippen MR) is 192 cm³/mol. The van der Waals surface area contributed by atoms with Crippen LogP contribution in [0.25, 0.3) is 0 Å². The van der Waals surface area contributed by atoms with Crippen molar-refractivity contribution in [1.82, 2.24) is 0 Å². The van der Waals surface area contributed by atoms with E-state index in [2.05, 4.69) is 71.7 Å². The number of ether oxygens (including phenoxy) is 1. The quantitative estimate of drug-likeness (QED) is 0.115. The fourth-order valence-corrected chi connectivity index (χ4v) is 9.02. The Morgan fingerprint density at radius 2 is 1.70 bits per heavy atom. The molecule has 4 rings (SSSR count). The van der Waals surface area contributed by atoms with Crippen LogP contribution in [0.1, 0.15) is 105 Å². The highest BCUT2D eigenvalue weighted by atomic mass is 16.5. The number of hydrogen-bond acceptors (Lipinski definition) is 4. The molecule has 256 valence electrons. The van der Waals surface area contributed by atoms with Crippen LogP contribution < -0.4 is 0 Å². The zero-order valence-electron chi connectivity index (χ0n) is 28.9. The Kier molecular flexibility index (Phi) is 13.4. The van der Waals surface area contributed by atoms with Gasteiger partial charge in [0.2, 0.25) is 0 Å². The minimum atomic E-state index is -1.14. The minimum Gasteiger partial charge on any atom is -0.387 e. The van der Waals surface area contributed by atoms with Crippen molar-refractivity contribution >= 4 is 11.6 Å². The molecule has 0 amide bonds. The molecule has 4 nitrogen and oxygen atoms in total. The van der Waals surface area contributed by atoms with Crippen LogP contribution in [0.2, 0.25) is 0 Å². The van der Waals surface area contributed by atoms with Gasteiger partial charge < -0.3 is 9.84 Å². The predicted octanol–water partition coefficient (Wildman–Crippen LogP) is 9.40. The summed E-state index contributed by atoms with van der Waals surface area (Å²) in [5, 5.41) is 11.6. The molecule has 7 unspecified atom stereocenters. The van der Waals surface area contributed by atoms with Crippen LogP contribution in [0.3, 0.4) is 0 Å². The van der Waals surface area contributed by atoms with Gasteiger partial charge in [0.05, 0.1) is 12.2 Å². The normalized spacial score (nSPS) is 25.5. The maximum atomic E-state index is 14.8. The zero-order chi connectivity index (χ0) is 32.9. The molecule has 2 fully saturated rings. The number of carbonyl (C=O) groups excluding carboxylic acids is 2. The van der Waals surface area contributed by atoms with Crippen molar-refractivity contribution in [2.75, 3.05) is 13.2 Å². The fourth-order valence-electron chi connectivity index (χ4n) is 9.02. The first-order valence-corrected chi connectivity index (χ1v) is 17.6. The van der Waals surface area contributed by atoms with Crippen LogP contribution >= 0.6 is 0 Å². The van der Waals surface area contributed by atoms with Crippen LogP contribution in [0.5, 0.6) is 0 Å². The van der Waals surface area contributed by atoms with Crippen molar-refractivity contribution in [3.05, 3.63) is 72.9 Å². The van der Waals surface area contributed by atoms with Crippen molar-refractivity contribution in [1.29, 1.82) is 0 Å². The molecule has 3 aliphatic carbocycles. The highest BCUT2D eigenvalue weighted by molar-refractivity contribution is 5.93. The van der Waals surface area contributed by atoms with Crippen molar-refractivity contribution < 1.29 is 19.4 Å². The van der Waals surface area contributed by atoms with Gasteiger partial charge in [0.15, 0.2) is 0 Å². The average molecular weight is 633 g/mol. The van der Waals surface area contributed by atoms with Crippen LogP contribution in [0.15, 0.2) is 61.7 Å². The van der Waals surface area contributed by atoms with Gasteiger partial charge in [0, 0.05) is 30.8 Å². The number of fused-ring (bicyclic) bond motifs is 2. The lowest BCUT2D eigenvalue weighted by molar-refractivity contribution is -0.138. The van der Waals surface area contributed by atoms with E-state index in [9.17, 15) is 14.7 Å². The third-order valence-corrected chi connectivity index (χ3v) is 11.6. The van der Waals surface area contributed by atoms with E-state index in [1.807, 2.05) is 12.2 Å². The third kappa shape index (κ3) is 8.78. The second-order valence-corrected chi connectivity index (χ2v) is 15.9. The molecule has 1 N–H and O–H groups in total. The van der Waals surface area contributed by atoms with E-state index in [-0.39, 0.29) is 67.2 Å². The number of allylic oxidation sites excluding steroid dienone is 3. The summed E-state index contributed by atoms with van der Waals surface area (Å²) < 4.78 is 5.87. The summed E-state index contributed by atoms with van der Waals surface area (Å²) in [5.74, 6) is 0.923. The molecule has 0 heterocycles. The Morgan fingerprint density at radius 1 is 1.07 bits per heavy atom. The van der Waals surface area contributed by atoms with Crippen molar-refractivity contribution in [2.24, 2.45) is 52.8 Å². The fraction of sp³-hybridized carbons (Fsp3) is 0.667. The SMILES string of the molecule is C.C=CCCCOCC(C)(O)C(CCC=C)CC(=O)C1C(C(=O)C(CC(=C)CC(C)C)C2Cc3ccccc3C2)CC2C1C2(C)C. The molecule has 0 spiro atoms. The van der Waals surface area contributed by atoms with E-state index >= 15 is 0 Å². The van der Waals surface area contributed by atoms with Gasteiger partial charge in [-0.1, -0.05) is 83.7 Å². The summed E-state index contributed by atoms with van der Waals surface area (Å²) in [5.41, 5.74) is 2.80. The Hall–Kier alpha value is -2.30. The van der Waals surface area contributed by atoms with Crippen molar-refractivity contribution in [2.45, 2.75) is 112 Å². The molecule has 1 aromatic carbocycles. The van der Waals surface area contributed by atoms with Gasteiger partial charge in [-0.3, -0.25) is 9.59 Å². The first-order valence-electron chi connectivity index (χ1n) is 17.6. The zero-order valence-corrected chi connectivity index (χ0v) is 28.9. The third-order valence-electron chi connectivity index (χ3n) is 11.6. The second-order valence-electron chi connectivity index (χ2n) is 15.9. The van der Waals surface area contributed by atoms with Crippen LogP contribution in [0.4, 0.5) is 0 Å². The summed E-state index contributed by atoms with van der Waals surface area (Å²) >= 11 is 0. The number of unbranched alkanes of at least 4 members (excludes halogenated alkanes) is 1. The monoisotopic (exact) mass is 632 g/mol. The van der Waals surface area contributed by atoms with Crippen LogP contribution in [-0.4, -0.2) is 35.5 Å². The van der Waals surface area contributed by atoms with Crippen molar-refractivity contribution in [3.8, 4) is 0 Å². The summed E-state index contributed by atoms with van der Waals surface area (Å²) in [7, 11) is 0. The Morgan fingerprint density at radius 3 is 2.28 bits per heavy atom. The van der Waals surface area contributed by atoms with Gasteiger partial charge in [-0.15, -0.1) is 13.2 Å². The van der Waals surface area contributed by atoms with Gasteiger partial charge >= 0.3 is 0 Å². The van der Waals surface area contributed by atoms with E-state index in [0.29, 0.717) is 37.1 Å². The molecular weight excluding hydrogens is 568 g/mol. The molecule has 0 saturated heterocycles. The van der Waals surface area contributed by atoms with E-state index in [0.717, 1.165) is 50.5 Å². The second kappa shape index (κ2) is 16.2. The van der Waals surface area contributed by atoms with Gasteiger partial charge in [0.1, 0.15) is 11.6 Å². The molecule has 7 atom stereocenters. The Balaban J connectivity index is 0.00000576. The average Bonchev–Trinajstić information content (AvgIpc) is 3.35. The number of ketones is 2. The van der Waals surface area contributed by atoms with Crippen LogP contribution in [0, 0.1) is 52.8 Å². The van der Waals surface area contributed by atoms with Gasteiger partial charge in [-0.25, -0.2) is 0 Å². The number of rotatable bonds is 20. The maximum absolute atomic E-state index is 14.8. The first-order chi connectivity index (χ1) is 21.3. The minimum absolute atomic E-state index is 0. The molecule has 0 aliphatic heterocycles. The standard InChI is InChI=1S/C41H60O4.CH4/c1-9-11-15-19-45-26-41(8,44)32(18-12-10-2)24-36(42)37-34(25-35-38(37)40(35,6)7)39(43)33(21-28(5)20-27(3)4)31-22-29-16-13-14-17-30(29)23-31;/h9-10,13-14,16-17,27,31-35,37-38,44H,1-2,5,11-12,15,18-26H2,3-4,6-8H3;1H4. The molecule has 0 bridgehead atoms. The summed E-state index contributed by atoms with van der Waals surface area (Å²) in [6, 6.07) is 8.61. The van der Waals surface area contributed by atoms with Gasteiger partial charge in [-0.2, -0.15) is 0 Å². The lowest BCUT2D eigenvalue weighted by Crippen LogP contribution is -2.43. The van der Waals surface area contributed by atoms with Crippen LogP contribution in [-0.2, 0) is 27.2 Å². The lowest BCUT2D eigenvalue weighted by atomic mass is 9.69. The lowest BCUT2D eigenvalue weighted by Gasteiger charge is -2.35. The number of aliphatic hydroxyl groups is 1. The highest BCUT2D eigenvalue weighted by Gasteiger charge is 2.69. The molecule has 3 aliphatic rings. The van der Waals surface area contributed by atoms with Crippen molar-refractivity contribution in [3.63, 3.8) is 0 Å². The molecule has 46 heavy (non-hydrogen) atoms. The topological polar surface area (TPSA) is 63.6 Å². The molecular formula is C42H64O4. The van der Waals surface area contributed by atoms with E-state index in [1.54, 1.807) is 6.92 Å². The number of Topliss-reactive ketones (excluding diaryl/α,β-unsaturated/α-hetero) is 2. The largest absolute Gasteiger partial charge is 0.387 e. The Labute approximate surface area is 281 Å². The van der Waals surface area contributed by atoms with E-state index in [1.165, 1.54) is 11.1 Å². The van der Waals surface area contributed by atoms with Gasteiger partial charge in [-0.05, 0) is 111 Å². The first kappa shape index (κ1) is 38.2. The molecule has 4 heteroatoms. The number of hydrogen-bond donors (Lipinski definition) is 1. The summed E-state index contributed by atoms with van der Waals surface area (Å²) in [6.07, 6.45) is 11.4. The number of benzene rings is 1. The van der Waals surface area contributed by atoms with E-state index in [4.69, 9.17) is 4.74 Å². The van der Waals surface area contributed by atoms with Gasteiger partial charge in [0.25, 0.3) is 0 Å². The molecule has 1 aromatic rings. The van der Waals surface area contributed by atoms with E-state index < -0.39 is 5.60 Å². The highest BCUT2D eigenvalue weighted by Crippen LogP contribution is 2.71. The maximum Gasteiger partial charge on any atom is 0.140 e. The molecule has 0 aromatic heterocycles. The summed E-state index contributed by atoms with van der Waals surface area (Å²) in [6.45, 7) is 23.6. The Bertz CT molecular complexity index is 1200. The number of carbonyl (C=O) groups is 2.